The summed E-state index contributed by atoms with van der Waals surface area (Å²) in [7, 11) is 0. The van der Waals surface area contributed by atoms with Crippen molar-refractivity contribution in [3.63, 3.8) is 0 Å². The van der Waals surface area contributed by atoms with Crippen molar-refractivity contribution in [3.05, 3.63) is 45.8 Å². The topological polar surface area (TPSA) is 29.9 Å². The lowest BCUT2D eigenvalue weighted by molar-refractivity contribution is 0.449. The summed E-state index contributed by atoms with van der Waals surface area (Å²) >= 11 is 2.30. The van der Waals surface area contributed by atoms with Crippen LogP contribution in [0.25, 0.3) is 0 Å². The van der Waals surface area contributed by atoms with E-state index in [-0.39, 0.29) is 0 Å². The quantitative estimate of drug-likeness (QED) is 0.810. The molecule has 0 saturated heterocycles. The molecule has 88 valence electrons. The van der Waals surface area contributed by atoms with Gasteiger partial charge in [-0.2, -0.15) is 5.10 Å². The molecule has 1 aromatic heterocycles. The Hall–Kier alpha value is -1.04. The summed E-state index contributed by atoms with van der Waals surface area (Å²) in [6.45, 7) is 0.953. The fourth-order valence-electron chi connectivity index (χ4n) is 2.30. The van der Waals surface area contributed by atoms with Crippen molar-refractivity contribution in [1.29, 1.82) is 0 Å². The van der Waals surface area contributed by atoms with E-state index in [0.29, 0.717) is 6.04 Å². The molecule has 4 heteroatoms. The van der Waals surface area contributed by atoms with Gasteiger partial charge in [-0.3, -0.25) is 4.68 Å². The van der Waals surface area contributed by atoms with Gasteiger partial charge in [-0.15, -0.1) is 0 Å². The molecule has 0 amide bonds. The van der Waals surface area contributed by atoms with Gasteiger partial charge in [0.15, 0.2) is 0 Å². The number of nitrogens with zero attached hydrogens (tertiary/aromatic N) is 2. The van der Waals surface area contributed by atoms with Gasteiger partial charge in [0.1, 0.15) is 0 Å². The van der Waals surface area contributed by atoms with Crippen molar-refractivity contribution in [2.24, 2.45) is 0 Å². The van der Waals surface area contributed by atoms with E-state index >= 15 is 0 Å². The first-order valence-corrected chi connectivity index (χ1v) is 6.92. The van der Waals surface area contributed by atoms with Crippen LogP contribution in [0.1, 0.15) is 18.0 Å². The first kappa shape index (κ1) is 11.1. The zero-order valence-corrected chi connectivity index (χ0v) is 11.6. The number of nitrogens with one attached hydrogen (secondary N) is 1. The minimum atomic E-state index is 0.450. The number of anilines is 1. The third-order valence-electron chi connectivity index (χ3n) is 3.24. The predicted octanol–water partition coefficient (Wildman–Crippen LogP) is 3.09. The average molecular weight is 339 g/mol. The maximum absolute atomic E-state index is 4.41. The van der Waals surface area contributed by atoms with E-state index in [1.807, 2.05) is 6.20 Å². The number of fused-ring (bicyclic) bond motifs is 1. The fraction of sp³-hybridized carbons (Fsp3) is 0.308. The van der Waals surface area contributed by atoms with Crippen LogP contribution in [-0.4, -0.2) is 16.3 Å². The Morgan fingerprint density at radius 3 is 3.06 bits per heavy atom. The van der Waals surface area contributed by atoms with Crippen molar-refractivity contribution in [3.8, 4) is 0 Å². The Balaban J connectivity index is 1.81. The van der Waals surface area contributed by atoms with Gasteiger partial charge in [-0.05, 0) is 47.1 Å². The number of hydrogen-bond acceptors (Lipinski definition) is 2. The minimum absolute atomic E-state index is 0.450. The van der Waals surface area contributed by atoms with E-state index in [9.17, 15) is 0 Å². The maximum Gasteiger partial charge on any atom is 0.0695 e. The van der Waals surface area contributed by atoms with Crippen molar-refractivity contribution in [1.82, 2.24) is 9.78 Å². The Bertz CT molecular complexity index is 494. The van der Waals surface area contributed by atoms with Gasteiger partial charge in [0.2, 0.25) is 0 Å². The van der Waals surface area contributed by atoms with Crippen LogP contribution in [0.5, 0.6) is 0 Å². The van der Waals surface area contributed by atoms with Crippen LogP contribution in [0.15, 0.2) is 36.7 Å². The molecule has 0 saturated carbocycles. The van der Waals surface area contributed by atoms with Crippen molar-refractivity contribution in [2.75, 3.05) is 11.9 Å². The highest BCUT2D eigenvalue weighted by Crippen LogP contribution is 2.25. The van der Waals surface area contributed by atoms with Crippen LogP contribution < -0.4 is 5.32 Å². The normalized spacial score (nSPS) is 19.2. The smallest absolute Gasteiger partial charge is 0.0695 e. The van der Waals surface area contributed by atoms with E-state index in [0.717, 1.165) is 19.4 Å². The second-order valence-corrected chi connectivity index (χ2v) is 5.61. The molecule has 2 heterocycles. The third kappa shape index (κ3) is 2.31. The highest BCUT2D eigenvalue weighted by molar-refractivity contribution is 14.1. The molecule has 0 aliphatic carbocycles. The highest BCUT2D eigenvalue weighted by atomic mass is 127. The molecule has 1 unspecified atom stereocenters. The zero-order chi connectivity index (χ0) is 11.7. The van der Waals surface area contributed by atoms with Crippen LogP contribution >= 0.6 is 22.6 Å². The number of aromatic nitrogens is 2. The molecular weight excluding hydrogens is 325 g/mol. The van der Waals surface area contributed by atoms with Gasteiger partial charge >= 0.3 is 0 Å². The summed E-state index contributed by atoms with van der Waals surface area (Å²) in [6.07, 6.45) is 6.29. The molecule has 1 aromatic carbocycles. The van der Waals surface area contributed by atoms with Gasteiger partial charge in [0.25, 0.3) is 0 Å². The molecular formula is C13H14IN3. The van der Waals surface area contributed by atoms with Crippen molar-refractivity contribution < 1.29 is 0 Å². The second kappa shape index (κ2) is 4.68. The second-order valence-electron chi connectivity index (χ2n) is 4.37. The molecule has 0 radical (unpaired) electrons. The molecule has 1 aliphatic heterocycles. The minimum Gasteiger partial charge on any atom is -0.383 e. The predicted molar refractivity (Wildman–Crippen MR) is 77.2 cm³/mol. The number of halogens is 1. The number of benzene rings is 1. The van der Waals surface area contributed by atoms with E-state index in [2.05, 4.69) is 68.2 Å². The van der Waals surface area contributed by atoms with Crippen LogP contribution in [0, 0.1) is 3.57 Å². The van der Waals surface area contributed by atoms with Gasteiger partial charge in [-0.1, -0.05) is 18.2 Å². The molecule has 17 heavy (non-hydrogen) atoms. The summed E-state index contributed by atoms with van der Waals surface area (Å²) < 4.78 is 3.28. The highest BCUT2D eigenvalue weighted by Gasteiger charge is 2.17. The van der Waals surface area contributed by atoms with Crippen LogP contribution in [0.4, 0.5) is 5.69 Å². The standard InChI is InChI=1S/C13H14IN3/c14-11-7-16-17(9-11)12-6-5-10-3-1-2-4-13(10)15-8-12/h1-4,7,9,12,15H,5-6,8H2. The fourth-order valence-corrected chi connectivity index (χ4v) is 2.71. The van der Waals surface area contributed by atoms with Crippen LogP contribution in [0.2, 0.25) is 0 Å². The third-order valence-corrected chi connectivity index (χ3v) is 3.79. The lowest BCUT2D eigenvalue weighted by Gasteiger charge is -2.14. The first-order chi connectivity index (χ1) is 8.33. The lowest BCUT2D eigenvalue weighted by Crippen LogP contribution is -2.17. The Morgan fingerprint density at radius 2 is 2.24 bits per heavy atom. The average Bonchev–Trinajstić information content (AvgIpc) is 2.66. The van der Waals surface area contributed by atoms with Crippen molar-refractivity contribution >= 4 is 28.3 Å². The summed E-state index contributed by atoms with van der Waals surface area (Å²) in [5.74, 6) is 0. The van der Waals surface area contributed by atoms with E-state index in [1.165, 1.54) is 14.8 Å². The molecule has 0 spiro atoms. The molecule has 1 atom stereocenters. The largest absolute Gasteiger partial charge is 0.383 e. The molecule has 1 N–H and O–H groups in total. The Labute approximate surface area is 114 Å². The van der Waals surface area contributed by atoms with Gasteiger partial charge in [0.05, 0.1) is 15.8 Å². The van der Waals surface area contributed by atoms with Crippen LogP contribution in [-0.2, 0) is 6.42 Å². The molecule has 1 aliphatic rings. The van der Waals surface area contributed by atoms with Crippen LogP contribution in [0.3, 0.4) is 0 Å². The summed E-state index contributed by atoms with van der Waals surface area (Å²) in [4.78, 5) is 0. The van der Waals surface area contributed by atoms with Gasteiger partial charge in [0, 0.05) is 18.4 Å². The summed E-state index contributed by atoms with van der Waals surface area (Å²) in [6, 6.07) is 9.01. The maximum atomic E-state index is 4.41. The zero-order valence-electron chi connectivity index (χ0n) is 9.44. The monoisotopic (exact) mass is 339 g/mol. The molecule has 0 bridgehead atoms. The van der Waals surface area contributed by atoms with Crippen molar-refractivity contribution in [2.45, 2.75) is 18.9 Å². The molecule has 3 nitrogen and oxygen atoms in total. The number of hydrogen-bond donors (Lipinski definition) is 1. The van der Waals surface area contributed by atoms with Gasteiger partial charge in [-0.25, -0.2) is 0 Å². The SMILES string of the molecule is Ic1cnn(C2CCc3ccccc3NC2)c1. The van der Waals surface area contributed by atoms with E-state index < -0.39 is 0 Å². The van der Waals surface area contributed by atoms with Gasteiger partial charge < -0.3 is 5.32 Å². The molecule has 3 rings (SSSR count). The molecule has 2 aromatic rings. The molecule has 0 fully saturated rings. The number of rotatable bonds is 1. The summed E-state index contributed by atoms with van der Waals surface area (Å²) in [5.41, 5.74) is 2.69. The number of aryl methyl sites for hydroxylation is 1. The lowest BCUT2D eigenvalue weighted by atomic mass is 10.1. The Kier molecular flexibility index (Phi) is 3.05. The summed E-state index contributed by atoms with van der Waals surface area (Å²) in [5, 5.41) is 7.93. The first-order valence-electron chi connectivity index (χ1n) is 5.84. The number of para-hydroxylation sites is 1. The van der Waals surface area contributed by atoms with E-state index in [1.54, 1.807) is 0 Å². The Morgan fingerprint density at radius 1 is 1.35 bits per heavy atom. The van der Waals surface area contributed by atoms with E-state index in [4.69, 9.17) is 0 Å².